The lowest BCUT2D eigenvalue weighted by Crippen LogP contribution is -2.24. The SMILES string of the molecule is COC(=O)c1cc2c(cc1OC)CNCC2.Cl. The molecule has 0 saturated heterocycles. The molecule has 1 aliphatic rings. The van der Waals surface area contributed by atoms with Gasteiger partial charge in [0.15, 0.2) is 0 Å². The van der Waals surface area contributed by atoms with E-state index in [-0.39, 0.29) is 18.4 Å². The van der Waals surface area contributed by atoms with Crippen LogP contribution in [0, 0.1) is 0 Å². The Morgan fingerprint density at radius 2 is 2.06 bits per heavy atom. The number of carbonyl (C=O) groups is 1. The van der Waals surface area contributed by atoms with Crippen LogP contribution in [-0.2, 0) is 17.7 Å². The third-order valence-corrected chi connectivity index (χ3v) is 2.81. The van der Waals surface area contributed by atoms with Crippen molar-refractivity contribution >= 4 is 18.4 Å². The zero-order valence-electron chi connectivity index (χ0n) is 9.91. The van der Waals surface area contributed by atoms with Crippen LogP contribution < -0.4 is 10.1 Å². The molecule has 1 aromatic rings. The van der Waals surface area contributed by atoms with Crippen LogP contribution in [0.25, 0.3) is 0 Å². The quantitative estimate of drug-likeness (QED) is 0.817. The maximum Gasteiger partial charge on any atom is 0.341 e. The molecule has 1 aromatic carbocycles. The molecule has 0 fully saturated rings. The van der Waals surface area contributed by atoms with Crippen molar-refractivity contribution in [3.05, 3.63) is 28.8 Å². The number of carbonyl (C=O) groups excluding carboxylic acids is 1. The first kappa shape index (κ1) is 13.8. The number of benzene rings is 1. The lowest BCUT2D eigenvalue weighted by Gasteiger charge is -2.19. The summed E-state index contributed by atoms with van der Waals surface area (Å²) in [4.78, 5) is 11.6. The van der Waals surface area contributed by atoms with Gasteiger partial charge in [-0.05, 0) is 36.2 Å². The van der Waals surface area contributed by atoms with Gasteiger partial charge in [-0.25, -0.2) is 4.79 Å². The minimum atomic E-state index is -0.349. The number of ether oxygens (including phenoxy) is 2. The molecule has 94 valence electrons. The van der Waals surface area contributed by atoms with Gasteiger partial charge in [0.2, 0.25) is 0 Å². The van der Waals surface area contributed by atoms with Crippen LogP contribution in [0.1, 0.15) is 21.5 Å². The van der Waals surface area contributed by atoms with E-state index >= 15 is 0 Å². The minimum Gasteiger partial charge on any atom is -0.496 e. The van der Waals surface area contributed by atoms with Gasteiger partial charge in [-0.1, -0.05) is 0 Å². The van der Waals surface area contributed by atoms with E-state index in [1.165, 1.54) is 18.2 Å². The van der Waals surface area contributed by atoms with Gasteiger partial charge in [-0.15, -0.1) is 12.4 Å². The second-order valence-corrected chi connectivity index (χ2v) is 3.74. The summed E-state index contributed by atoms with van der Waals surface area (Å²) in [6.07, 6.45) is 0.934. The van der Waals surface area contributed by atoms with Crippen LogP contribution in [-0.4, -0.2) is 26.7 Å². The van der Waals surface area contributed by atoms with Crippen molar-refractivity contribution in [1.29, 1.82) is 0 Å². The van der Waals surface area contributed by atoms with E-state index in [0.717, 1.165) is 19.5 Å². The smallest absolute Gasteiger partial charge is 0.341 e. The molecule has 5 heteroatoms. The average molecular weight is 258 g/mol. The van der Waals surface area contributed by atoms with Crippen molar-refractivity contribution < 1.29 is 14.3 Å². The van der Waals surface area contributed by atoms with Gasteiger partial charge in [0.05, 0.1) is 14.2 Å². The Bertz CT molecular complexity index is 420. The van der Waals surface area contributed by atoms with Gasteiger partial charge in [0, 0.05) is 6.54 Å². The summed E-state index contributed by atoms with van der Waals surface area (Å²) < 4.78 is 9.94. The van der Waals surface area contributed by atoms with Gasteiger partial charge in [0.1, 0.15) is 11.3 Å². The van der Waals surface area contributed by atoms with Crippen LogP contribution in [0.2, 0.25) is 0 Å². The lowest BCUT2D eigenvalue weighted by atomic mass is 9.97. The molecule has 0 amide bonds. The van der Waals surface area contributed by atoms with E-state index in [9.17, 15) is 4.79 Å². The second kappa shape index (κ2) is 5.89. The summed E-state index contributed by atoms with van der Waals surface area (Å²) in [5, 5.41) is 3.28. The third-order valence-electron chi connectivity index (χ3n) is 2.81. The Labute approximate surface area is 107 Å². The molecule has 0 saturated carbocycles. The average Bonchev–Trinajstić information content (AvgIpc) is 2.36. The number of esters is 1. The van der Waals surface area contributed by atoms with E-state index in [0.29, 0.717) is 11.3 Å². The predicted molar refractivity (Wildman–Crippen MR) is 67.0 cm³/mol. The Balaban J connectivity index is 0.00000144. The molecule has 0 aliphatic carbocycles. The van der Waals surface area contributed by atoms with Crippen LogP contribution in [0.5, 0.6) is 5.75 Å². The standard InChI is InChI=1S/C12H15NO3.ClH/c1-15-11-6-9-7-13-4-3-8(9)5-10(11)12(14)16-2;/h5-6,13H,3-4,7H2,1-2H3;1H. The third kappa shape index (κ3) is 2.70. The van der Waals surface area contributed by atoms with E-state index in [4.69, 9.17) is 9.47 Å². The Morgan fingerprint density at radius 3 is 2.71 bits per heavy atom. The maximum absolute atomic E-state index is 11.6. The van der Waals surface area contributed by atoms with Crippen molar-refractivity contribution in [2.75, 3.05) is 20.8 Å². The minimum absolute atomic E-state index is 0. The highest BCUT2D eigenvalue weighted by Crippen LogP contribution is 2.26. The topological polar surface area (TPSA) is 47.6 Å². The summed E-state index contributed by atoms with van der Waals surface area (Å²) in [5.41, 5.74) is 2.89. The van der Waals surface area contributed by atoms with Crippen molar-refractivity contribution in [1.82, 2.24) is 5.32 Å². The van der Waals surface area contributed by atoms with Gasteiger partial charge in [-0.3, -0.25) is 0 Å². The first-order valence-electron chi connectivity index (χ1n) is 5.25. The lowest BCUT2D eigenvalue weighted by molar-refractivity contribution is 0.0597. The Morgan fingerprint density at radius 1 is 1.29 bits per heavy atom. The molecule has 0 radical (unpaired) electrons. The summed E-state index contributed by atoms with van der Waals surface area (Å²) in [6, 6.07) is 3.79. The fourth-order valence-electron chi connectivity index (χ4n) is 1.95. The van der Waals surface area contributed by atoms with Crippen molar-refractivity contribution in [3.8, 4) is 5.75 Å². The molecule has 1 N–H and O–H groups in total. The monoisotopic (exact) mass is 257 g/mol. The fraction of sp³-hybridized carbons (Fsp3) is 0.417. The number of hydrogen-bond donors (Lipinski definition) is 1. The molecular weight excluding hydrogens is 242 g/mol. The van der Waals surface area contributed by atoms with Crippen LogP contribution >= 0.6 is 12.4 Å². The number of hydrogen-bond acceptors (Lipinski definition) is 4. The second-order valence-electron chi connectivity index (χ2n) is 3.74. The summed E-state index contributed by atoms with van der Waals surface area (Å²) >= 11 is 0. The molecule has 17 heavy (non-hydrogen) atoms. The van der Waals surface area contributed by atoms with Crippen molar-refractivity contribution in [3.63, 3.8) is 0 Å². The number of halogens is 1. The zero-order chi connectivity index (χ0) is 11.5. The van der Waals surface area contributed by atoms with Gasteiger partial charge >= 0.3 is 5.97 Å². The Kier molecular flexibility index (Phi) is 4.78. The zero-order valence-corrected chi connectivity index (χ0v) is 10.7. The van der Waals surface area contributed by atoms with Gasteiger partial charge < -0.3 is 14.8 Å². The van der Waals surface area contributed by atoms with Gasteiger partial charge in [0.25, 0.3) is 0 Å². The highest BCUT2D eigenvalue weighted by atomic mass is 35.5. The van der Waals surface area contributed by atoms with Crippen molar-refractivity contribution in [2.45, 2.75) is 13.0 Å². The molecule has 0 bridgehead atoms. The molecule has 1 aliphatic heterocycles. The molecule has 0 aromatic heterocycles. The molecule has 1 heterocycles. The fourth-order valence-corrected chi connectivity index (χ4v) is 1.95. The number of methoxy groups -OCH3 is 2. The van der Waals surface area contributed by atoms with Crippen LogP contribution in [0.15, 0.2) is 12.1 Å². The number of fused-ring (bicyclic) bond motifs is 1. The summed E-state index contributed by atoms with van der Waals surface area (Å²) in [7, 11) is 2.94. The first-order valence-corrected chi connectivity index (χ1v) is 5.25. The molecule has 2 rings (SSSR count). The highest BCUT2D eigenvalue weighted by Gasteiger charge is 2.18. The van der Waals surface area contributed by atoms with Gasteiger partial charge in [-0.2, -0.15) is 0 Å². The van der Waals surface area contributed by atoms with Crippen LogP contribution in [0.4, 0.5) is 0 Å². The maximum atomic E-state index is 11.6. The molecule has 0 spiro atoms. The predicted octanol–water partition coefficient (Wildman–Crippen LogP) is 1.55. The van der Waals surface area contributed by atoms with Crippen molar-refractivity contribution in [2.24, 2.45) is 0 Å². The molecule has 0 unspecified atom stereocenters. The summed E-state index contributed by atoms with van der Waals surface area (Å²) in [6.45, 7) is 1.77. The normalized spacial score (nSPS) is 13.3. The van der Waals surface area contributed by atoms with E-state index in [1.54, 1.807) is 7.11 Å². The number of rotatable bonds is 2. The van der Waals surface area contributed by atoms with E-state index in [1.807, 2.05) is 12.1 Å². The molecule has 0 atom stereocenters. The number of nitrogens with one attached hydrogen (secondary N) is 1. The van der Waals surface area contributed by atoms with Crippen LogP contribution in [0.3, 0.4) is 0 Å². The van der Waals surface area contributed by atoms with E-state index < -0.39 is 0 Å². The van der Waals surface area contributed by atoms with E-state index in [2.05, 4.69) is 5.32 Å². The highest BCUT2D eigenvalue weighted by molar-refractivity contribution is 5.93. The Hall–Kier alpha value is -1.26. The largest absolute Gasteiger partial charge is 0.496 e. The first-order chi connectivity index (χ1) is 7.76. The molecule has 4 nitrogen and oxygen atoms in total. The summed E-state index contributed by atoms with van der Waals surface area (Å²) in [5.74, 6) is 0.229. The molecular formula is C12H16ClNO3.